The van der Waals surface area contributed by atoms with Gasteiger partial charge in [0.1, 0.15) is 11.9 Å². The first-order valence-electron chi connectivity index (χ1n) is 5.36. The summed E-state index contributed by atoms with van der Waals surface area (Å²) in [5, 5.41) is 10.1. The third-order valence-corrected chi connectivity index (χ3v) is 2.80. The molecule has 0 radical (unpaired) electrons. The van der Waals surface area contributed by atoms with Crippen LogP contribution in [0.2, 0.25) is 5.22 Å². The monoisotopic (exact) mass is 270 g/mol. The molecule has 0 aliphatic carbocycles. The Balaban J connectivity index is 2.19. The minimum Gasteiger partial charge on any atom is -0.494 e. The van der Waals surface area contributed by atoms with Crippen LogP contribution in [0.5, 0.6) is 5.75 Å². The van der Waals surface area contributed by atoms with Crippen LogP contribution >= 0.6 is 11.6 Å². The van der Waals surface area contributed by atoms with Crippen LogP contribution in [0, 0.1) is 5.82 Å². The molecule has 0 spiro atoms. The minimum atomic E-state index is -0.945. The van der Waals surface area contributed by atoms with E-state index in [1.807, 2.05) is 0 Å². The van der Waals surface area contributed by atoms with Crippen LogP contribution in [0.3, 0.4) is 0 Å². The molecule has 1 heterocycles. The molecule has 1 atom stereocenters. The lowest BCUT2D eigenvalue weighted by Gasteiger charge is -2.10. The summed E-state index contributed by atoms with van der Waals surface area (Å²) in [5.41, 5.74) is 0.356. The van der Waals surface area contributed by atoms with Gasteiger partial charge in [0, 0.05) is 6.42 Å². The van der Waals surface area contributed by atoms with E-state index in [1.54, 1.807) is 18.2 Å². The molecule has 0 aliphatic heterocycles. The average molecular weight is 271 g/mol. The van der Waals surface area contributed by atoms with Gasteiger partial charge >= 0.3 is 0 Å². The first-order chi connectivity index (χ1) is 8.61. The molecule has 1 N–H and O–H groups in total. The second-order valence-corrected chi connectivity index (χ2v) is 4.17. The van der Waals surface area contributed by atoms with E-state index in [0.29, 0.717) is 11.3 Å². The Bertz CT molecular complexity index is 539. The van der Waals surface area contributed by atoms with E-state index in [0.717, 1.165) is 0 Å². The molecular weight excluding hydrogens is 259 g/mol. The third-order valence-electron chi connectivity index (χ3n) is 2.60. The summed E-state index contributed by atoms with van der Waals surface area (Å²) >= 11 is 5.61. The number of furan rings is 1. The Kier molecular flexibility index (Phi) is 3.89. The van der Waals surface area contributed by atoms with Crippen LogP contribution in [0.4, 0.5) is 4.39 Å². The van der Waals surface area contributed by atoms with Gasteiger partial charge < -0.3 is 14.3 Å². The molecule has 96 valence electrons. The smallest absolute Gasteiger partial charge is 0.193 e. The number of rotatable bonds is 4. The number of hydrogen-bond acceptors (Lipinski definition) is 3. The van der Waals surface area contributed by atoms with E-state index in [2.05, 4.69) is 0 Å². The van der Waals surface area contributed by atoms with Crippen LogP contribution in [-0.2, 0) is 6.42 Å². The van der Waals surface area contributed by atoms with Crippen molar-refractivity contribution >= 4 is 11.6 Å². The first-order valence-corrected chi connectivity index (χ1v) is 5.74. The zero-order valence-corrected chi connectivity index (χ0v) is 10.4. The summed E-state index contributed by atoms with van der Waals surface area (Å²) < 4.78 is 23.8. The second kappa shape index (κ2) is 5.42. The van der Waals surface area contributed by atoms with Crippen molar-refractivity contribution in [2.45, 2.75) is 12.5 Å². The predicted molar refractivity (Wildman–Crippen MR) is 65.3 cm³/mol. The number of aliphatic hydroxyl groups is 1. The number of methoxy groups -OCH3 is 1. The van der Waals surface area contributed by atoms with Crippen molar-refractivity contribution in [3.05, 3.63) is 52.7 Å². The molecule has 5 heteroatoms. The summed E-state index contributed by atoms with van der Waals surface area (Å²) in [6.07, 6.45) is -0.855. The van der Waals surface area contributed by atoms with Gasteiger partial charge in [0.25, 0.3) is 0 Å². The molecule has 0 amide bonds. The van der Waals surface area contributed by atoms with Crippen molar-refractivity contribution in [3.63, 3.8) is 0 Å². The van der Waals surface area contributed by atoms with Crippen LogP contribution in [0.25, 0.3) is 0 Å². The normalized spacial score (nSPS) is 12.4. The Hall–Kier alpha value is -1.52. The van der Waals surface area contributed by atoms with Crippen molar-refractivity contribution < 1.29 is 18.7 Å². The number of hydrogen-bond donors (Lipinski definition) is 1. The largest absolute Gasteiger partial charge is 0.494 e. The van der Waals surface area contributed by atoms with E-state index in [-0.39, 0.29) is 17.4 Å². The van der Waals surface area contributed by atoms with Crippen LogP contribution in [-0.4, -0.2) is 12.2 Å². The fraction of sp³-hybridized carbons (Fsp3) is 0.231. The standard InChI is InChI=1S/C13H12ClFO3/c1-17-11-4-2-3-8(13(11)15)7-9(16)10-5-6-12(14)18-10/h2-6,9,16H,7H2,1H3. The topological polar surface area (TPSA) is 42.6 Å². The number of benzene rings is 1. The summed E-state index contributed by atoms with van der Waals surface area (Å²) in [7, 11) is 1.39. The zero-order chi connectivity index (χ0) is 13.1. The molecule has 0 fully saturated rings. The maximum Gasteiger partial charge on any atom is 0.193 e. The summed E-state index contributed by atoms with van der Waals surface area (Å²) in [6.45, 7) is 0. The third kappa shape index (κ3) is 2.66. The Morgan fingerprint density at radius 3 is 2.78 bits per heavy atom. The van der Waals surface area contributed by atoms with Gasteiger partial charge in [-0.1, -0.05) is 12.1 Å². The Labute approximate surface area is 109 Å². The number of ether oxygens (including phenoxy) is 1. The fourth-order valence-electron chi connectivity index (χ4n) is 1.69. The van der Waals surface area contributed by atoms with Crippen molar-refractivity contribution in [3.8, 4) is 5.75 Å². The second-order valence-electron chi connectivity index (χ2n) is 3.80. The van der Waals surface area contributed by atoms with Crippen molar-refractivity contribution in [2.24, 2.45) is 0 Å². The van der Waals surface area contributed by atoms with Crippen LogP contribution < -0.4 is 4.74 Å². The van der Waals surface area contributed by atoms with Gasteiger partial charge in [0.05, 0.1) is 7.11 Å². The lowest BCUT2D eigenvalue weighted by atomic mass is 10.1. The van der Waals surface area contributed by atoms with Gasteiger partial charge in [-0.25, -0.2) is 4.39 Å². The first kappa shape index (κ1) is 12.9. The van der Waals surface area contributed by atoms with Crippen molar-refractivity contribution in [1.29, 1.82) is 0 Å². The molecule has 0 aliphatic rings. The summed E-state index contributed by atoms with van der Waals surface area (Å²) in [5.74, 6) is -0.0175. The van der Waals surface area contributed by atoms with Gasteiger partial charge in [-0.05, 0) is 35.4 Å². The highest BCUT2D eigenvalue weighted by molar-refractivity contribution is 6.28. The molecule has 0 saturated carbocycles. The fourth-order valence-corrected chi connectivity index (χ4v) is 1.84. The van der Waals surface area contributed by atoms with Gasteiger partial charge in [-0.15, -0.1) is 0 Å². The maximum absolute atomic E-state index is 13.9. The Morgan fingerprint density at radius 1 is 1.39 bits per heavy atom. The SMILES string of the molecule is COc1cccc(CC(O)c2ccc(Cl)o2)c1F. The molecule has 3 nitrogen and oxygen atoms in total. The van der Waals surface area contributed by atoms with Gasteiger partial charge in [0.15, 0.2) is 16.8 Å². The van der Waals surface area contributed by atoms with Gasteiger partial charge in [-0.2, -0.15) is 0 Å². The van der Waals surface area contributed by atoms with E-state index < -0.39 is 11.9 Å². The van der Waals surface area contributed by atoms with Gasteiger partial charge in [-0.3, -0.25) is 0 Å². The lowest BCUT2D eigenvalue weighted by molar-refractivity contribution is 0.149. The molecular formula is C13H12ClFO3. The maximum atomic E-state index is 13.9. The van der Waals surface area contributed by atoms with Crippen molar-refractivity contribution in [2.75, 3.05) is 7.11 Å². The zero-order valence-electron chi connectivity index (χ0n) is 9.69. The van der Waals surface area contributed by atoms with Gasteiger partial charge in [0.2, 0.25) is 0 Å². The highest BCUT2D eigenvalue weighted by Gasteiger charge is 2.16. The molecule has 1 unspecified atom stereocenters. The van der Waals surface area contributed by atoms with E-state index in [9.17, 15) is 9.50 Å². The minimum absolute atomic E-state index is 0.0902. The molecule has 2 aromatic rings. The van der Waals surface area contributed by atoms with Crippen molar-refractivity contribution in [1.82, 2.24) is 0 Å². The average Bonchev–Trinajstić information content (AvgIpc) is 2.78. The molecule has 1 aromatic heterocycles. The summed E-state index contributed by atoms with van der Waals surface area (Å²) in [4.78, 5) is 0. The summed E-state index contributed by atoms with van der Waals surface area (Å²) in [6, 6.07) is 7.87. The quantitative estimate of drug-likeness (QED) is 0.926. The molecule has 18 heavy (non-hydrogen) atoms. The highest BCUT2D eigenvalue weighted by Crippen LogP contribution is 2.26. The molecule has 1 aromatic carbocycles. The Morgan fingerprint density at radius 2 is 2.17 bits per heavy atom. The lowest BCUT2D eigenvalue weighted by Crippen LogP contribution is -2.03. The van der Waals surface area contributed by atoms with E-state index >= 15 is 0 Å². The predicted octanol–water partition coefficient (Wildman–Crippen LogP) is 3.36. The van der Waals surface area contributed by atoms with E-state index in [4.69, 9.17) is 20.8 Å². The highest BCUT2D eigenvalue weighted by atomic mass is 35.5. The molecule has 0 saturated heterocycles. The van der Waals surface area contributed by atoms with Crippen LogP contribution in [0.15, 0.2) is 34.7 Å². The molecule has 0 bridgehead atoms. The molecule has 2 rings (SSSR count). The van der Waals surface area contributed by atoms with Crippen LogP contribution in [0.1, 0.15) is 17.4 Å². The van der Waals surface area contributed by atoms with E-state index in [1.165, 1.54) is 19.2 Å². The number of halogens is 2. The number of aliphatic hydroxyl groups excluding tert-OH is 1.